The predicted octanol–water partition coefficient (Wildman–Crippen LogP) is 1.21. The molecular weight excluding hydrogens is 256 g/mol. The summed E-state index contributed by atoms with van der Waals surface area (Å²) in [5.41, 5.74) is 0.0365. The molecule has 0 aromatic carbocycles. The van der Waals surface area contributed by atoms with Gasteiger partial charge in [-0.2, -0.15) is 0 Å². The van der Waals surface area contributed by atoms with Crippen LogP contribution in [0.3, 0.4) is 0 Å². The number of nitrogens with one attached hydrogen (secondary N) is 1. The highest BCUT2D eigenvalue weighted by Gasteiger charge is 2.30. The maximum atomic E-state index is 11.9. The van der Waals surface area contributed by atoms with E-state index in [1.165, 1.54) is 12.3 Å². The largest absolute Gasteiger partial charge is 0.477 e. The number of carboxylic acid groups (broad SMARTS) is 1. The van der Waals surface area contributed by atoms with Crippen LogP contribution >= 0.6 is 0 Å². The molecule has 1 fully saturated rings. The van der Waals surface area contributed by atoms with Crippen molar-refractivity contribution in [2.24, 2.45) is 0 Å². The summed E-state index contributed by atoms with van der Waals surface area (Å²) in [7, 11) is -3.60. The number of carbonyl (C=O) groups is 1. The molecule has 18 heavy (non-hydrogen) atoms. The van der Waals surface area contributed by atoms with Crippen molar-refractivity contribution in [2.75, 3.05) is 6.54 Å². The van der Waals surface area contributed by atoms with Crippen molar-refractivity contribution >= 4 is 16.0 Å². The quantitative estimate of drug-likeness (QED) is 0.814. The SMILES string of the molecule is CCCNS(=O)(=O)c1cc(C(=O)O)n(C2CC2)c1. The smallest absolute Gasteiger partial charge is 0.352 e. The summed E-state index contributed by atoms with van der Waals surface area (Å²) < 4.78 is 27.8. The van der Waals surface area contributed by atoms with Gasteiger partial charge in [-0.25, -0.2) is 17.9 Å². The first-order valence-electron chi connectivity index (χ1n) is 5.90. The van der Waals surface area contributed by atoms with Gasteiger partial charge in [-0.15, -0.1) is 0 Å². The Balaban J connectivity index is 2.34. The van der Waals surface area contributed by atoms with Gasteiger partial charge in [0.2, 0.25) is 10.0 Å². The Bertz CT molecular complexity index is 558. The first-order chi connectivity index (χ1) is 8.45. The molecule has 2 N–H and O–H groups in total. The molecule has 2 rings (SSSR count). The van der Waals surface area contributed by atoms with Gasteiger partial charge in [0.15, 0.2) is 0 Å². The molecule has 0 aliphatic heterocycles. The number of nitrogens with zero attached hydrogens (tertiary/aromatic N) is 1. The maximum absolute atomic E-state index is 11.9. The van der Waals surface area contributed by atoms with Crippen LogP contribution in [0.25, 0.3) is 0 Å². The van der Waals surface area contributed by atoms with E-state index in [-0.39, 0.29) is 16.6 Å². The summed E-state index contributed by atoms with van der Waals surface area (Å²) >= 11 is 0. The molecule has 0 unspecified atom stereocenters. The van der Waals surface area contributed by atoms with Crippen molar-refractivity contribution in [3.05, 3.63) is 18.0 Å². The number of rotatable bonds is 6. The zero-order valence-corrected chi connectivity index (χ0v) is 10.9. The second-order valence-corrected chi connectivity index (χ2v) is 6.17. The van der Waals surface area contributed by atoms with E-state index in [4.69, 9.17) is 5.11 Å². The van der Waals surface area contributed by atoms with Crippen molar-refractivity contribution < 1.29 is 18.3 Å². The second-order valence-electron chi connectivity index (χ2n) is 4.40. The first-order valence-corrected chi connectivity index (χ1v) is 7.39. The zero-order chi connectivity index (χ0) is 13.3. The predicted molar refractivity (Wildman–Crippen MR) is 65.1 cm³/mol. The third-order valence-corrected chi connectivity index (χ3v) is 4.26. The summed E-state index contributed by atoms with van der Waals surface area (Å²) in [6, 6.07) is 1.35. The molecule has 1 aromatic rings. The van der Waals surface area contributed by atoms with E-state index < -0.39 is 16.0 Å². The Hall–Kier alpha value is -1.34. The molecule has 0 spiro atoms. The van der Waals surface area contributed by atoms with Crippen LogP contribution < -0.4 is 4.72 Å². The Morgan fingerprint density at radius 3 is 2.72 bits per heavy atom. The summed E-state index contributed by atoms with van der Waals surface area (Å²) in [5.74, 6) is -1.10. The minimum Gasteiger partial charge on any atom is -0.477 e. The van der Waals surface area contributed by atoms with E-state index in [0.29, 0.717) is 13.0 Å². The molecule has 1 heterocycles. The summed E-state index contributed by atoms with van der Waals surface area (Å²) in [6.07, 6.45) is 3.90. The zero-order valence-electron chi connectivity index (χ0n) is 10.1. The minimum absolute atomic E-state index is 0.0280. The number of carboxylic acids is 1. The standard InChI is InChI=1S/C11H16N2O4S/c1-2-5-12-18(16,17)9-6-10(11(14)15)13(7-9)8-3-4-8/h6-8,12H,2-5H2,1H3,(H,14,15). The van der Waals surface area contributed by atoms with Crippen molar-refractivity contribution in [1.29, 1.82) is 0 Å². The molecule has 0 saturated heterocycles. The Morgan fingerprint density at radius 1 is 1.56 bits per heavy atom. The monoisotopic (exact) mass is 272 g/mol. The van der Waals surface area contributed by atoms with E-state index in [0.717, 1.165) is 12.8 Å². The van der Waals surface area contributed by atoms with Gasteiger partial charge in [-0.05, 0) is 25.3 Å². The average molecular weight is 272 g/mol. The van der Waals surface area contributed by atoms with Gasteiger partial charge in [0.1, 0.15) is 10.6 Å². The summed E-state index contributed by atoms with van der Waals surface area (Å²) in [6.45, 7) is 2.21. The number of sulfonamides is 1. The molecule has 6 nitrogen and oxygen atoms in total. The lowest BCUT2D eigenvalue weighted by Crippen LogP contribution is -2.24. The lowest BCUT2D eigenvalue weighted by molar-refractivity contribution is 0.0685. The van der Waals surface area contributed by atoms with Gasteiger partial charge in [-0.1, -0.05) is 6.92 Å². The molecule has 100 valence electrons. The van der Waals surface area contributed by atoms with Gasteiger partial charge in [-0.3, -0.25) is 0 Å². The summed E-state index contributed by atoms with van der Waals surface area (Å²) in [5, 5.41) is 9.06. The Morgan fingerprint density at radius 2 is 2.22 bits per heavy atom. The van der Waals surface area contributed by atoms with E-state index >= 15 is 0 Å². The van der Waals surface area contributed by atoms with Crippen molar-refractivity contribution in [1.82, 2.24) is 9.29 Å². The van der Waals surface area contributed by atoms with Crippen molar-refractivity contribution in [3.8, 4) is 0 Å². The van der Waals surface area contributed by atoms with Crippen LogP contribution in [0.2, 0.25) is 0 Å². The third-order valence-electron chi connectivity index (χ3n) is 2.84. The van der Waals surface area contributed by atoms with Crippen LogP contribution in [-0.4, -0.2) is 30.6 Å². The lowest BCUT2D eigenvalue weighted by Gasteiger charge is -2.03. The molecule has 7 heteroatoms. The van der Waals surface area contributed by atoms with Crippen LogP contribution in [0.15, 0.2) is 17.2 Å². The van der Waals surface area contributed by atoms with Gasteiger partial charge in [0.25, 0.3) is 0 Å². The van der Waals surface area contributed by atoms with Crippen molar-refractivity contribution in [3.63, 3.8) is 0 Å². The van der Waals surface area contributed by atoms with Gasteiger partial charge in [0.05, 0.1) is 0 Å². The van der Waals surface area contributed by atoms with E-state index in [1.54, 1.807) is 4.57 Å². The molecule has 1 aliphatic rings. The molecule has 1 aliphatic carbocycles. The molecule has 0 amide bonds. The first kappa shape index (κ1) is 13.1. The van der Waals surface area contributed by atoms with Gasteiger partial charge < -0.3 is 9.67 Å². The topological polar surface area (TPSA) is 88.4 Å². The Labute approximate surface area is 106 Å². The number of hydrogen-bond acceptors (Lipinski definition) is 3. The van der Waals surface area contributed by atoms with E-state index in [2.05, 4.69) is 4.72 Å². The van der Waals surface area contributed by atoms with Gasteiger partial charge in [0, 0.05) is 18.8 Å². The maximum Gasteiger partial charge on any atom is 0.352 e. The Kier molecular flexibility index (Phi) is 3.45. The lowest BCUT2D eigenvalue weighted by atomic mass is 10.4. The fraction of sp³-hybridized carbons (Fsp3) is 0.545. The second kappa shape index (κ2) is 4.74. The van der Waals surface area contributed by atoms with E-state index in [9.17, 15) is 13.2 Å². The normalized spacial score (nSPS) is 15.8. The fourth-order valence-corrected chi connectivity index (χ4v) is 2.91. The average Bonchev–Trinajstić information content (AvgIpc) is 3.04. The van der Waals surface area contributed by atoms with Crippen LogP contribution in [-0.2, 0) is 10.0 Å². The molecule has 1 aromatic heterocycles. The minimum atomic E-state index is -3.60. The summed E-state index contributed by atoms with van der Waals surface area (Å²) in [4.78, 5) is 11.1. The van der Waals surface area contributed by atoms with Crippen LogP contribution in [0, 0.1) is 0 Å². The number of aromatic carboxylic acids is 1. The molecule has 0 atom stereocenters. The van der Waals surface area contributed by atoms with Crippen LogP contribution in [0.1, 0.15) is 42.7 Å². The number of aromatic nitrogens is 1. The van der Waals surface area contributed by atoms with Crippen LogP contribution in [0.4, 0.5) is 0 Å². The highest BCUT2D eigenvalue weighted by Crippen LogP contribution is 2.37. The molecule has 0 radical (unpaired) electrons. The molecular formula is C11H16N2O4S. The molecule has 1 saturated carbocycles. The van der Waals surface area contributed by atoms with Crippen LogP contribution in [0.5, 0.6) is 0 Å². The van der Waals surface area contributed by atoms with Gasteiger partial charge >= 0.3 is 5.97 Å². The molecule has 0 bridgehead atoms. The highest BCUT2D eigenvalue weighted by molar-refractivity contribution is 7.89. The van der Waals surface area contributed by atoms with E-state index in [1.807, 2.05) is 6.92 Å². The third kappa shape index (κ3) is 2.56. The highest BCUT2D eigenvalue weighted by atomic mass is 32.2. The number of hydrogen-bond donors (Lipinski definition) is 2. The van der Waals surface area contributed by atoms with Crippen molar-refractivity contribution in [2.45, 2.75) is 37.1 Å². The fourth-order valence-electron chi connectivity index (χ4n) is 1.75.